The van der Waals surface area contributed by atoms with Crippen LogP contribution in [0, 0.1) is 0 Å². The van der Waals surface area contributed by atoms with Gasteiger partial charge in [0, 0.05) is 17.4 Å². The van der Waals surface area contributed by atoms with E-state index in [1.54, 1.807) is 6.07 Å². The summed E-state index contributed by atoms with van der Waals surface area (Å²) in [5, 5.41) is 2.56. The molecule has 0 aliphatic rings. The van der Waals surface area contributed by atoms with Crippen LogP contribution < -0.4 is 10.0 Å². The summed E-state index contributed by atoms with van der Waals surface area (Å²) in [5.74, 6) is -1.25. The van der Waals surface area contributed by atoms with Gasteiger partial charge in [-0.15, -0.1) is 0 Å². The highest BCUT2D eigenvalue weighted by molar-refractivity contribution is 7.89. The number of sulfonamides is 1. The Labute approximate surface area is 126 Å². The van der Waals surface area contributed by atoms with E-state index < -0.39 is 21.8 Å². The van der Waals surface area contributed by atoms with Crippen molar-refractivity contribution in [2.45, 2.75) is 0 Å². The van der Waals surface area contributed by atoms with Crippen LogP contribution in [0.25, 0.3) is 0 Å². The highest BCUT2D eigenvalue weighted by Crippen LogP contribution is 2.12. The van der Waals surface area contributed by atoms with E-state index in [-0.39, 0.29) is 11.3 Å². The van der Waals surface area contributed by atoms with Gasteiger partial charge < -0.3 is 5.32 Å². The van der Waals surface area contributed by atoms with Crippen molar-refractivity contribution in [2.24, 2.45) is 0 Å². The van der Waals surface area contributed by atoms with Crippen molar-refractivity contribution in [3.05, 3.63) is 54.1 Å². The molecule has 1 aromatic carbocycles. The van der Waals surface area contributed by atoms with Crippen LogP contribution in [0.5, 0.6) is 0 Å². The van der Waals surface area contributed by atoms with E-state index in [1.165, 1.54) is 36.8 Å². The van der Waals surface area contributed by atoms with Gasteiger partial charge in [0.2, 0.25) is 10.0 Å². The van der Waals surface area contributed by atoms with E-state index in [9.17, 15) is 18.0 Å². The Balaban J connectivity index is 2.15. The number of hydrogen-bond donors (Lipinski definition) is 2. The summed E-state index contributed by atoms with van der Waals surface area (Å²) in [6.07, 6.45) is 3.55. The summed E-state index contributed by atoms with van der Waals surface area (Å²) in [4.78, 5) is 31.2. The van der Waals surface area contributed by atoms with Crippen LogP contribution in [0.3, 0.4) is 0 Å². The largest absolute Gasteiger partial charge is 0.321 e. The van der Waals surface area contributed by atoms with Gasteiger partial charge in [-0.2, -0.15) is 0 Å². The molecule has 8 nitrogen and oxygen atoms in total. The van der Waals surface area contributed by atoms with Gasteiger partial charge in [-0.3, -0.25) is 9.59 Å². The number of hydrogen-bond acceptors (Lipinski definition) is 6. The predicted octanol–water partition coefficient (Wildman–Crippen LogP) is 0.418. The zero-order chi connectivity index (χ0) is 16.2. The predicted molar refractivity (Wildman–Crippen MR) is 78.7 cm³/mol. The Morgan fingerprint density at radius 1 is 1.14 bits per heavy atom. The van der Waals surface area contributed by atoms with Crippen molar-refractivity contribution in [3.63, 3.8) is 0 Å². The van der Waals surface area contributed by atoms with Gasteiger partial charge in [0.15, 0.2) is 0 Å². The van der Waals surface area contributed by atoms with Gasteiger partial charge in [-0.1, -0.05) is 6.07 Å². The Morgan fingerprint density at radius 2 is 1.91 bits per heavy atom. The van der Waals surface area contributed by atoms with Crippen LogP contribution in [0.2, 0.25) is 0 Å². The molecule has 9 heteroatoms. The third-order valence-electron chi connectivity index (χ3n) is 2.48. The van der Waals surface area contributed by atoms with Crippen molar-refractivity contribution in [1.82, 2.24) is 14.7 Å². The zero-order valence-corrected chi connectivity index (χ0v) is 12.3. The number of amides is 2. The van der Waals surface area contributed by atoms with Gasteiger partial charge in [-0.25, -0.2) is 23.1 Å². The highest BCUT2D eigenvalue weighted by Gasteiger charge is 2.12. The van der Waals surface area contributed by atoms with Crippen LogP contribution in [0.1, 0.15) is 20.8 Å². The molecule has 2 amide bonds. The number of nitrogens with zero attached hydrogens (tertiary/aromatic N) is 2. The molecule has 0 spiro atoms. The van der Waals surface area contributed by atoms with E-state index in [0.29, 0.717) is 5.69 Å². The molecule has 0 bridgehead atoms. The van der Waals surface area contributed by atoms with Crippen LogP contribution in [0.4, 0.5) is 5.69 Å². The first-order chi connectivity index (χ1) is 10.3. The summed E-state index contributed by atoms with van der Waals surface area (Å²) >= 11 is 0. The Hall–Kier alpha value is -2.81. The molecular weight excluding hydrogens is 308 g/mol. The van der Waals surface area contributed by atoms with E-state index in [2.05, 4.69) is 15.3 Å². The number of benzene rings is 1. The van der Waals surface area contributed by atoms with Gasteiger partial charge >= 0.3 is 0 Å². The fourth-order valence-corrected chi connectivity index (χ4v) is 2.04. The Bertz CT molecular complexity index is 806. The molecule has 0 atom stereocenters. The number of rotatable bonds is 4. The molecule has 0 saturated heterocycles. The lowest BCUT2D eigenvalue weighted by Gasteiger charge is -2.07. The monoisotopic (exact) mass is 320 g/mol. The number of carbonyl (C=O) groups excluding carboxylic acids is 2. The SMILES string of the molecule is CS(=O)(=O)NC(=O)c1cccc(NC(=O)c2ccncn2)c1. The van der Waals surface area contributed by atoms with E-state index in [0.717, 1.165) is 6.26 Å². The van der Waals surface area contributed by atoms with Crippen molar-refractivity contribution >= 4 is 27.5 Å². The lowest BCUT2D eigenvalue weighted by Crippen LogP contribution is -2.29. The van der Waals surface area contributed by atoms with Gasteiger partial charge in [0.05, 0.1) is 6.26 Å². The molecule has 22 heavy (non-hydrogen) atoms. The smallest absolute Gasteiger partial charge is 0.274 e. The molecule has 2 rings (SSSR count). The van der Waals surface area contributed by atoms with E-state index in [4.69, 9.17) is 0 Å². The summed E-state index contributed by atoms with van der Waals surface area (Å²) in [6, 6.07) is 7.32. The van der Waals surface area contributed by atoms with Crippen molar-refractivity contribution in [3.8, 4) is 0 Å². The van der Waals surface area contributed by atoms with Gasteiger partial charge in [-0.05, 0) is 24.3 Å². The van der Waals surface area contributed by atoms with Crippen LogP contribution >= 0.6 is 0 Å². The third kappa shape index (κ3) is 4.35. The highest BCUT2D eigenvalue weighted by atomic mass is 32.2. The molecular formula is C13H12N4O4S. The number of aromatic nitrogens is 2. The van der Waals surface area contributed by atoms with E-state index >= 15 is 0 Å². The molecule has 0 saturated carbocycles. The molecule has 1 heterocycles. The first-order valence-electron chi connectivity index (χ1n) is 6.05. The standard InChI is InChI=1S/C13H12N4O4S/c1-22(20,21)17-12(18)9-3-2-4-10(7-9)16-13(19)11-5-6-14-8-15-11/h2-8H,1H3,(H,16,19)(H,17,18). The van der Waals surface area contributed by atoms with Crippen molar-refractivity contribution in [2.75, 3.05) is 11.6 Å². The van der Waals surface area contributed by atoms with E-state index in [1.807, 2.05) is 4.72 Å². The first kappa shape index (κ1) is 15.6. The molecule has 1 aromatic heterocycles. The topological polar surface area (TPSA) is 118 Å². The summed E-state index contributed by atoms with van der Waals surface area (Å²) < 4.78 is 23.9. The maximum absolute atomic E-state index is 11.9. The average Bonchev–Trinajstić information content (AvgIpc) is 2.46. The molecule has 114 valence electrons. The molecule has 0 aliphatic carbocycles. The number of nitrogens with one attached hydrogen (secondary N) is 2. The fraction of sp³-hybridized carbons (Fsp3) is 0.0769. The zero-order valence-electron chi connectivity index (χ0n) is 11.5. The molecule has 0 radical (unpaired) electrons. The second-order valence-electron chi connectivity index (χ2n) is 4.33. The van der Waals surface area contributed by atoms with Crippen LogP contribution in [-0.4, -0.2) is 36.5 Å². The minimum Gasteiger partial charge on any atom is -0.321 e. The molecule has 0 aliphatic heterocycles. The minimum atomic E-state index is -3.65. The van der Waals surface area contributed by atoms with Crippen molar-refractivity contribution in [1.29, 1.82) is 0 Å². The Kier molecular flexibility index (Phi) is 4.47. The summed E-state index contributed by atoms with van der Waals surface area (Å²) in [6.45, 7) is 0. The summed E-state index contributed by atoms with van der Waals surface area (Å²) in [5.41, 5.74) is 0.608. The number of anilines is 1. The summed E-state index contributed by atoms with van der Waals surface area (Å²) in [7, 11) is -3.65. The molecule has 2 aromatic rings. The first-order valence-corrected chi connectivity index (χ1v) is 7.94. The fourth-order valence-electron chi connectivity index (χ4n) is 1.59. The van der Waals surface area contributed by atoms with Gasteiger partial charge in [0.1, 0.15) is 12.0 Å². The lowest BCUT2D eigenvalue weighted by atomic mass is 10.2. The van der Waals surface area contributed by atoms with Gasteiger partial charge in [0.25, 0.3) is 11.8 Å². The molecule has 0 unspecified atom stereocenters. The average molecular weight is 320 g/mol. The minimum absolute atomic E-state index is 0.103. The lowest BCUT2D eigenvalue weighted by molar-refractivity contribution is 0.0979. The second-order valence-corrected chi connectivity index (χ2v) is 6.08. The van der Waals surface area contributed by atoms with Crippen LogP contribution in [0.15, 0.2) is 42.9 Å². The Morgan fingerprint density at radius 3 is 2.55 bits per heavy atom. The molecule has 0 fully saturated rings. The maximum Gasteiger partial charge on any atom is 0.274 e. The number of carbonyl (C=O) groups is 2. The van der Waals surface area contributed by atoms with Crippen LogP contribution in [-0.2, 0) is 10.0 Å². The normalized spacial score (nSPS) is 10.8. The van der Waals surface area contributed by atoms with Crippen molar-refractivity contribution < 1.29 is 18.0 Å². The second kappa shape index (κ2) is 6.31. The quantitative estimate of drug-likeness (QED) is 0.843. The molecule has 2 N–H and O–H groups in total. The maximum atomic E-state index is 11.9. The third-order valence-corrected chi connectivity index (χ3v) is 3.03.